The summed E-state index contributed by atoms with van der Waals surface area (Å²) in [5.74, 6) is -0.692. The van der Waals surface area contributed by atoms with E-state index in [2.05, 4.69) is 44.5 Å². The average Bonchev–Trinajstić information content (AvgIpc) is 2.35. The molecule has 0 spiro atoms. The summed E-state index contributed by atoms with van der Waals surface area (Å²) in [5.41, 5.74) is 0.195. The fourth-order valence-electron chi connectivity index (χ4n) is 2.90. The van der Waals surface area contributed by atoms with Gasteiger partial charge in [0.1, 0.15) is 0 Å². The van der Waals surface area contributed by atoms with Crippen LogP contribution in [0.5, 0.6) is 0 Å². The number of aliphatic carboxylic acids is 1. The van der Waals surface area contributed by atoms with Gasteiger partial charge in [0.15, 0.2) is 0 Å². The van der Waals surface area contributed by atoms with Crippen LogP contribution in [0, 0.1) is 0 Å². The third kappa shape index (κ3) is 3.95. The van der Waals surface area contributed by atoms with E-state index in [0.717, 1.165) is 25.9 Å². The summed E-state index contributed by atoms with van der Waals surface area (Å²) in [7, 11) is 2.12. The molecule has 18 heavy (non-hydrogen) atoms. The van der Waals surface area contributed by atoms with Crippen LogP contribution in [-0.4, -0.2) is 58.6 Å². The van der Waals surface area contributed by atoms with Crippen molar-refractivity contribution >= 4 is 5.97 Å². The lowest BCUT2D eigenvalue weighted by molar-refractivity contribution is -0.137. The van der Waals surface area contributed by atoms with E-state index >= 15 is 0 Å². The number of likely N-dealkylation sites (N-methyl/N-ethyl adjacent to an activating group) is 1. The highest BCUT2D eigenvalue weighted by Gasteiger charge is 2.35. The van der Waals surface area contributed by atoms with Crippen molar-refractivity contribution in [3.8, 4) is 0 Å². The van der Waals surface area contributed by atoms with Gasteiger partial charge >= 0.3 is 5.97 Å². The van der Waals surface area contributed by atoms with Gasteiger partial charge in [0.2, 0.25) is 0 Å². The molecule has 0 bridgehead atoms. The molecule has 1 aliphatic heterocycles. The number of nitrogens with zero attached hydrogens (tertiary/aromatic N) is 2. The van der Waals surface area contributed by atoms with E-state index in [0.29, 0.717) is 12.1 Å². The summed E-state index contributed by atoms with van der Waals surface area (Å²) < 4.78 is 0. The molecule has 1 saturated heterocycles. The SMILES string of the molecule is CC(C)N1CC(CCC(=O)O)N(C)CCC1(C)C. The molecular formula is C14H28N2O2. The van der Waals surface area contributed by atoms with Gasteiger partial charge in [-0.1, -0.05) is 0 Å². The van der Waals surface area contributed by atoms with Crippen LogP contribution in [0.1, 0.15) is 47.0 Å². The van der Waals surface area contributed by atoms with Gasteiger partial charge in [-0.15, -0.1) is 0 Å². The minimum atomic E-state index is -0.692. The van der Waals surface area contributed by atoms with Crippen molar-refractivity contribution in [3.63, 3.8) is 0 Å². The van der Waals surface area contributed by atoms with Crippen molar-refractivity contribution < 1.29 is 9.90 Å². The molecule has 1 fully saturated rings. The first-order valence-electron chi connectivity index (χ1n) is 6.93. The summed E-state index contributed by atoms with van der Waals surface area (Å²) >= 11 is 0. The molecule has 1 N–H and O–H groups in total. The first kappa shape index (κ1) is 15.4. The monoisotopic (exact) mass is 256 g/mol. The second-order valence-corrected chi connectivity index (χ2v) is 6.38. The lowest BCUT2D eigenvalue weighted by atomic mass is 9.96. The topological polar surface area (TPSA) is 43.8 Å². The molecule has 0 saturated carbocycles. The van der Waals surface area contributed by atoms with Crippen LogP contribution in [0.4, 0.5) is 0 Å². The smallest absolute Gasteiger partial charge is 0.303 e. The zero-order valence-electron chi connectivity index (χ0n) is 12.4. The third-order valence-electron chi connectivity index (χ3n) is 4.20. The van der Waals surface area contributed by atoms with Crippen LogP contribution in [0.25, 0.3) is 0 Å². The van der Waals surface area contributed by atoms with Crippen molar-refractivity contribution in [2.24, 2.45) is 0 Å². The molecule has 1 aliphatic rings. The van der Waals surface area contributed by atoms with Gasteiger partial charge in [-0.05, 0) is 54.1 Å². The summed E-state index contributed by atoms with van der Waals surface area (Å²) in [5, 5.41) is 8.85. The Morgan fingerprint density at radius 2 is 2.06 bits per heavy atom. The van der Waals surface area contributed by atoms with Gasteiger partial charge in [0.05, 0.1) is 0 Å². The maximum absolute atomic E-state index is 10.7. The quantitative estimate of drug-likeness (QED) is 0.836. The number of carboxylic acids is 1. The second kappa shape index (κ2) is 6.02. The van der Waals surface area contributed by atoms with Crippen molar-refractivity contribution in [2.45, 2.75) is 64.6 Å². The minimum absolute atomic E-state index is 0.195. The Morgan fingerprint density at radius 3 is 2.56 bits per heavy atom. The van der Waals surface area contributed by atoms with E-state index in [1.165, 1.54) is 0 Å². The second-order valence-electron chi connectivity index (χ2n) is 6.38. The number of carboxylic acid groups (broad SMARTS) is 1. The fourth-order valence-corrected chi connectivity index (χ4v) is 2.90. The Bertz CT molecular complexity index is 290. The minimum Gasteiger partial charge on any atom is -0.481 e. The normalized spacial score (nSPS) is 26.2. The van der Waals surface area contributed by atoms with Gasteiger partial charge in [-0.25, -0.2) is 0 Å². The average molecular weight is 256 g/mol. The predicted molar refractivity (Wildman–Crippen MR) is 73.8 cm³/mol. The molecule has 1 unspecified atom stereocenters. The van der Waals surface area contributed by atoms with Crippen LogP contribution in [0.3, 0.4) is 0 Å². The molecule has 0 amide bonds. The highest BCUT2D eigenvalue weighted by molar-refractivity contribution is 5.66. The number of hydrogen-bond acceptors (Lipinski definition) is 3. The molecule has 0 aromatic carbocycles. The van der Waals surface area contributed by atoms with Gasteiger partial charge in [0, 0.05) is 30.6 Å². The number of hydrogen-bond donors (Lipinski definition) is 1. The van der Waals surface area contributed by atoms with E-state index in [1.54, 1.807) is 0 Å². The van der Waals surface area contributed by atoms with Crippen molar-refractivity contribution in [1.82, 2.24) is 9.80 Å². The lowest BCUT2D eigenvalue weighted by Crippen LogP contribution is -2.50. The highest BCUT2D eigenvalue weighted by atomic mass is 16.4. The third-order valence-corrected chi connectivity index (χ3v) is 4.20. The van der Waals surface area contributed by atoms with Gasteiger partial charge < -0.3 is 10.0 Å². The standard InChI is InChI=1S/C14H28N2O2/c1-11(2)16-10-12(6-7-13(17)18)15(5)9-8-14(16,3)4/h11-12H,6-10H2,1-5H3,(H,17,18). The zero-order valence-corrected chi connectivity index (χ0v) is 12.4. The fraction of sp³-hybridized carbons (Fsp3) is 0.929. The molecule has 106 valence electrons. The van der Waals surface area contributed by atoms with E-state index in [4.69, 9.17) is 5.11 Å². The Balaban J connectivity index is 2.76. The van der Waals surface area contributed by atoms with Gasteiger partial charge in [-0.2, -0.15) is 0 Å². The van der Waals surface area contributed by atoms with Crippen LogP contribution >= 0.6 is 0 Å². The van der Waals surface area contributed by atoms with Gasteiger partial charge in [0.25, 0.3) is 0 Å². The Labute approximate surface area is 111 Å². The zero-order chi connectivity index (χ0) is 13.9. The molecule has 0 aromatic rings. The summed E-state index contributed by atoms with van der Waals surface area (Å²) in [6.45, 7) is 11.0. The van der Waals surface area contributed by atoms with Crippen LogP contribution in [0.15, 0.2) is 0 Å². The molecular weight excluding hydrogens is 228 g/mol. The van der Waals surface area contributed by atoms with Crippen LogP contribution in [0.2, 0.25) is 0 Å². The lowest BCUT2D eigenvalue weighted by Gasteiger charge is -2.41. The number of rotatable bonds is 4. The van der Waals surface area contributed by atoms with Crippen molar-refractivity contribution in [2.75, 3.05) is 20.1 Å². The summed E-state index contributed by atoms with van der Waals surface area (Å²) in [6, 6.07) is 0.851. The van der Waals surface area contributed by atoms with Crippen LogP contribution in [-0.2, 0) is 4.79 Å². The molecule has 1 heterocycles. The van der Waals surface area contributed by atoms with E-state index in [1.807, 2.05) is 0 Å². The molecule has 4 heteroatoms. The Morgan fingerprint density at radius 1 is 1.44 bits per heavy atom. The Hall–Kier alpha value is -0.610. The van der Waals surface area contributed by atoms with E-state index in [9.17, 15) is 4.79 Å². The predicted octanol–water partition coefficient (Wildman–Crippen LogP) is 2.04. The van der Waals surface area contributed by atoms with E-state index < -0.39 is 5.97 Å². The molecule has 0 aliphatic carbocycles. The maximum atomic E-state index is 10.7. The molecule has 0 aromatic heterocycles. The van der Waals surface area contributed by atoms with Crippen molar-refractivity contribution in [1.29, 1.82) is 0 Å². The van der Waals surface area contributed by atoms with Crippen LogP contribution < -0.4 is 0 Å². The first-order valence-corrected chi connectivity index (χ1v) is 6.93. The summed E-state index contributed by atoms with van der Waals surface area (Å²) in [4.78, 5) is 15.6. The van der Waals surface area contributed by atoms with Gasteiger partial charge in [-0.3, -0.25) is 9.69 Å². The molecule has 1 atom stereocenters. The van der Waals surface area contributed by atoms with E-state index in [-0.39, 0.29) is 12.0 Å². The maximum Gasteiger partial charge on any atom is 0.303 e. The molecule has 0 radical (unpaired) electrons. The molecule has 1 rings (SSSR count). The molecule has 4 nitrogen and oxygen atoms in total. The van der Waals surface area contributed by atoms with Crippen molar-refractivity contribution in [3.05, 3.63) is 0 Å². The Kier molecular flexibility index (Phi) is 5.17. The number of carbonyl (C=O) groups is 1. The first-order chi connectivity index (χ1) is 8.24. The summed E-state index contributed by atoms with van der Waals surface area (Å²) in [6.07, 6.45) is 2.14. The largest absolute Gasteiger partial charge is 0.481 e. The highest BCUT2D eigenvalue weighted by Crippen LogP contribution is 2.27.